The monoisotopic (exact) mass is 298 g/mol. The molecule has 0 spiro atoms. The SMILES string of the molecule is CC(=O)CCCCCCCCCCCCCCCCC[NH3+]. The summed E-state index contributed by atoms with van der Waals surface area (Å²) in [6.45, 7) is 2.80. The summed E-state index contributed by atoms with van der Waals surface area (Å²) < 4.78 is 0. The number of ketones is 1. The van der Waals surface area contributed by atoms with Gasteiger partial charge >= 0.3 is 0 Å². The Labute approximate surface area is 133 Å². The minimum absolute atomic E-state index is 0.345. The molecule has 0 aliphatic rings. The summed E-state index contributed by atoms with van der Waals surface area (Å²) in [5.41, 5.74) is 3.88. The normalized spacial score (nSPS) is 11.0. The lowest BCUT2D eigenvalue weighted by Gasteiger charge is -2.03. The van der Waals surface area contributed by atoms with Gasteiger partial charge < -0.3 is 10.5 Å². The Morgan fingerprint density at radius 2 is 0.857 bits per heavy atom. The largest absolute Gasteiger partial charge is 0.358 e. The molecule has 0 unspecified atom stereocenters. The third-order valence-corrected chi connectivity index (χ3v) is 4.28. The number of carbonyl (C=O) groups is 1. The molecule has 0 saturated heterocycles. The van der Waals surface area contributed by atoms with Crippen molar-refractivity contribution in [2.75, 3.05) is 6.54 Å². The van der Waals surface area contributed by atoms with Gasteiger partial charge in [-0.2, -0.15) is 0 Å². The van der Waals surface area contributed by atoms with Crippen LogP contribution in [0.1, 0.15) is 110 Å². The molecule has 0 heterocycles. The Morgan fingerprint density at radius 1 is 0.571 bits per heavy atom. The molecule has 0 saturated carbocycles. The predicted octanol–water partition coefficient (Wildman–Crippen LogP) is 5.06. The fraction of sp³-hybridized carbons (Fsp3) is 0.947. The third-order valence-electron chi connectivity index (χ3n) is 4.28. The molecule has 126 valence electrons. The molecule has 0 aliphatic heterocycles. The van der Waals surface area contributed by atoms with Gasteiger partial charge in [0.2, 0.25) is 0 Å². The Bertz CT molecular complexity index is 216. The van der Waals surface area contributed by atoms with E-state index in [-0.39, 0.29) is 0 Å². The van der Waals surface area contributed by atoms with Gasteiger partial charge in [0.05, 0.1) is 6.54 Å². The van der Waals surface area contributed by atoms with Crippen LogP contribution < -0.4 is 5.73 Å². The van der Waals surface area contributed by atoms with Crippen molar-refractivity contribution >= 4 is 5.78 Å². The average Bonchev–Trinajstić information content (AvgIpc) is 2.46. The first-order valence-corrected chi connectivity index (χ1v) is 9.56. The molecule has 0 radical (unpaired) electrons. The second kappa shape index (κ2) is 17.7. The van der Waals surface area contributed by atoms with E-state index in [9.17, 15) is 4.79 Å². The summed E-state index contributed by atoms with van der Waals surface area (Å²) in [5, 5.41) is 0. The van der Waals surface area contributed by atoms with E-state index >= 15 is 0 Å². The molecule has 3 N–H and O–H groups in total. The topological polar surface area (TPSA) is 44.7 Å². The highest BCUT2D eigenvalue weighted by Crippen LogP contribution is 2.13. The average molecular weight is 299 g/mol. The number of unbranched alkanes of at least 4 members (excludes halogenated alkanes) is 14. The molecule has 0 amide bonds. The number of Topliss-reactive ketones (excluding diaryl/α,β-unsaturated/α-hetero) is 1. The van der Waals surface area contributed by atoms with Gasteiger partial charge in [0.1, 0.15) is 5.78 Å². The Morgan fingerprint density at radius 3 is 1.14 bits per heavy atom. The van der Waals surface area contributed by atoms with Crippen LogP contribution in [-0.2, 0) is 4.79 Å². The van der Waals surface area contributed by atoms with Crippen molar-refractivity contribution in [2.45, 2.75) is 110 Å². The molecular weight excluding hydrogens is 258 g/mol. The Kier molecular flexibility index (Phi) is 17.4. The number of carbonyl (C=O) groups excluding carboxylic acids is 1. The lowest BCUT2D eigenvalue weighted by Crippen LogP contribution is -2.50. The molecule has 21 heavy (non-hydrogen) atoms. The van der Waals surface area contributed by atoms with Gasteiger partial charge in [-0.05, 0) is 26.2 Å². The summed E-state index contributed by atoms with van der Waals surface area (Å²) in [7, 11) is 0. The van der Waals surface area contributed by atoms with Gasteiger partial charge in [-0.3, -0.25) is 0 Å². The molecule has 0 fully saturated rings. The van der Waals surface area contributed by atoms with Crippen molar-refractivity contribution < 1.29 is 10.5 Å². The van der Waals surface area contributed by atoms with Crippen LogP contribution in [0.15, 0.2) is 0 Å². The van der Waals surface area contributed by atoms with Crippen LogP contribution >= 0.6 is 0 Å². The smallest absolute Gasteiger partial charge is 0.129 e. The summed E-state index contributed by atoms with van der Waals surface area (Å²) in [6, 6.07) is 0. The Hall–Kier alpha value is -0.370. The van der Waals surface area contributed by atoms with Gasteiger partial charge in [0, 0.05) is 6.42 Å². The van der Waals surface area contributed by atoms with Gasteiger partial charge in [-0.1, -0.05) is 77.0 Å². The first-order valence-electron chi connectivity index (χ1n) is 9.56. The van der Waals surface area contributed by atoms with Crippen molar-refractivity contribution in [3.05, 3.63) is 0 Å². The molecule has 0 atom stereocenters. The van der Waals surface area contributed by atoms with Crippen LogP contribution in [0.5, 0.6) is 0 Å². The second-order valence-corrected chi connectivity index (χ2v) is 6.61. The first kappa shape index (κ1) is 20.6. The lowest BCUT2D eigenvalue weighted by atomic mass is 10.0. The van der Waals surface area contributed by atoms with Gasteiger partial charge in [0.25, 0.3) is 0 Å². The van der Waals surface area contributed by atoms with E-state index in [2.05, 4.69) is 5.73 Å². The summed E-state index contributed by atoms with van der Waals surface area (Å²) in [5.74, 6) is 0.345. The lowest BCUT2D eigenvalue weighted by molar-refractivity contribution is -0.368. The van der Waals surface area contributed by atoms with Crippen molar-refractivity contribution in [1.82, 2.24) is 0 Å². The van der Waals surface area contributed by atoms with Crippen molar-refractivity contribution in [2.24, 2.45) is 0 Å². The Balaban J connectivity index is 2.95. The molecule has 0 aliphatic carbocycles. The number of hydrogen-bond donors (Lipinski definition) is 1. The maximum Gasteiger partial charge on any atom is 0.129 e. The molecule has 0 aromatic carbocycles. The van der Waals surface area contributed by atoms with E-state index in [1.54, 1.807) is 6.92 Å². The standard InChI is InChI=1S/C19H39NO/c1-19(21)17-15-13-11-9-7-5-3-2-4-6-8-10-12-14-16-18-20/h2-18,20H2,1H3/p+1. The number of rotatable bonds is 17. The number of hydrogen-bond acceptors (Lipinski definition) is 1. The minimum Gasteiger partial charge on any atom is -0.358 e. The number of quaternary nitrogens is 1. The maximum atomic E-state index is 10.8. The quantitative estimate of drug-likeness (QED) is 0.375. The molecule has 0 aromatic rings. The second-order valence-electron chi connectivity index (χ2n) is 6.61. The van der Waals surface area contributed by atoms with Crippen LogP contribution in [0.3, 0.4) is 0 Å². The molecular formula is C19H40NO+. The van der Waals surface area contributed by atoms with Crippen LogP contribution in [-0.4, -0.2) is 12.3 Å². The van der Waals surface area contributed by atoms with Crippen LogP contribution in [0.2, 0.25) is 0 Å². The van der Waals surface area contributed by atoms with Crippen LogP contribution in [0.25, 0.3) is 0 Å². The highest BCUT2D eigenvalue weighted by atomic mass is 16.1. The zero-order valence-electron chi connectivity index (χ0n) is 14.6. The molecule has 0 rings (SSSR count). The fourth-order valence-electron chi connectivity index (χ4n) is 2.85. The maximum absolute atomic E-state index is 10.8. The first-order chi connectivity index (χ1) is 10.3. The van der Waals surface area contributed by atoms with Crippen molar-refractivity contribution in [1.29, 1.82) is 0 Å². The van der Waals surface area contributed by atoms with E-state index in [0.717, 1.165) is 19.4 Å². The van der Waals surface area contributed by atoms with Crippen molar-refractivity contribution in [3.63, 3.8) is 0 Å². The van der Waals surface area contributed by atoms with E-state index < -0.39 is 0 Å². The summed E-state index contributed by atoms with van der Waals surface area (Å²) >= 11 is 0. The highest BCUT2D eigenvalue weighted by molar-refractivity contribution is 5.75. The van der Waals surface area contributed by atoms with Crippen molar-refractivity contribution in [3.8, 4) is 0 Å². The molecule has 0 aromatic heterocycles. The highest BCUT2D eigenvalue weighted by Gasteiger charge is 1.96. The van der Waals surface area contributed by atoms with E-state index in [4.69, 9.17) is 0 Å². The van der Waals surface area contributed by atoms with E-state index in [0.29, 0.717) is 5.78 Å². The minimum atomic E-state index is 0.345. The molecule has 2 nitrogen and oxygen atoms in total. The molecule has 2 heteroatoms. The van der Waals surface area contributed by atoms with Crippen LogP contribution in [0, 0.1) is 0 Å². The van der Waals surface area contributed by atoms with Gasteiger partial charge in [-0.15, -0.1) is 0 Å². The fourth-order valence-corrected chi connectivity index (χ4v) is 2.85. The zero-order chi connectivity index (χ0) is 15.6. The van der Waals surface area contributed by atoms with Crippen LogP contribution in [0.4, 0.5) is 0 Å². The van der Waals surface area contributed by atoms with E-state index in [1.165, 1.54) is 89.9 Å². The zero-order valence-corrected chi connectivity index (χ0v) is 14.6. The van der Waals surface area contributed by atoms with E-state index in [1.807, 2.05) is 0 Å². The summed E-state index contributed by atoms with van der Waals surface area (Å²) in [6.07, 6.45) is 21.3. The third kappa shape index (κ3) is 19.6. The van der Waals surface area contributed by atoms with Gasteiger partial charge in [0.15, 0.2) is 0 Å². The predicted molar refractivity (Wildman–Crippen MR) is 92.3 cm³/mol. The van der Waals surface area contributed by atoms with Gasteiger partial charge in [-0.25, -0.2) is 0 Å². The summed E-state index contributed by atoms with van der Waals surface area (Å²) in [4.78, 5) is 10.8. The molecule has 0 bridgehead atoms.